The summed E-state index contributed by atoms with van der Waals surface area (Å²) in [6.45, 7) is 6.49. The van der Waals surface area contributed by atoms with Crippen molar-refractivity contribution >= 4 is 28.6 Å². The lowest BCUT2D eigenvalue weighted by Crippen LogP contribution is -2.37. The van der Waals surface area contributed by atoms with Gasteiger partial charge in [0, 0.05) is 6.04 Å². The number of nitrogens with zero attached hydrogens (tertiary/aromatic N) is 2. The fourth-order valence-corrected chi connectivity index (χ4v) is 3.71. The predicted octanol–water partition coefficient (Wildman–Crippen LogP) is 3.71. The highest BCUT2D eigenvalue weighted by atomic mass is 32.2. The third-order valence-electron chi connectivity index (χ3n) is 5.05. The van der Waals surface area contributed by atoms with Crippen molar-refractivity contribution in [2.75, 3.05) is 12.9 Å². The molecule has 158 valence electrons. The normalized spacial score (nSPS) is 12.2. The Hall–Kier alpha value is -2.80. The van der Waals surface area contributed by atoms with E-state index in [2.05, 4.69) is 24.1 Å². The number of carbonyl (C=O) groups excluding carboxylic acids is 1. The Morgan fingerprint density at radius 1 is 1.13 bits per heavy atom. The van der Waals surface area contributed by atoms with Crippen LogP contribution >= 0.6 is 11.8 Å². The van der Waals surface area contributed by atoms with Gasteiger partial charge in [0.05, 0.1) is 30.3 Å². The fraction of sp³-hybridized carbons (Fsp3) is 0.348. The summed E-state index contributed by atoms with van der Waals surface area (Å²) in [5, 5.41) is 4.09. The van der Waals surface area contributed by atoms with E-state index < -0.39 is 0 Å². The molecular formula is C23H27N3O3S. The predicted molar refractivity (Wildman–Crippen MR) is 121 cm³/mol. The molecule has 1 amide bonds. The number of hydrogen-bond acceptors (Lipinski definition) is 5. The van der Waals surface area contributed by atoms with Crippen LogP contribution in [0.2, 0.25) is 0 Å². The number of hydrogen-bond donors (Lipinski definition) is 1. The van der Waals surface area contributed by atoms with Gasteiger partial charge in [-0.2, -0.15) is 0 Å². The van der Waals surface area contributed by atoms with Crippen LogP contribution in [0.3, 0.4) is 0 Å². The lowest BCUT2D eigenvalue weighted by atomic mass is 10.1. The van der Waals surface area contributed by atoms with Crippen LogP contribution < -0.4 is 15.6 Å². The van der Waals surface area contributed by atoms with Gasteiger partial charge in [0.1, 0.15) is 5.75 Å². The molecule has 0 aliphatic carbocycles. The fourth-order valence-electron chi connectivity index (χ4n) is 2.90. The van der Waals surface area contributed by atoms with Gasteiger partial charge in [0.15, 0.2) is 5.16 Å². The zero-order valence-corrected chi connectivity index (χ0v) is 18.5. The van der Waals surface area contributed by atoms with Crippen molar-refractivity contribution < 1.29 is 9.53 Å². The number of thioether (sulfide) groups is 1. The summed E-state index contributed by atoms with van der Waals surface area (Å²) in [6, 6.07) is 14.9. The van der Waals surface area contributed by atoms with E-state index in [1.807, 2.05) is 49.4 Å². The lowest BCUT2D eigenvalue weighted by molar-refractivity contribution is -0.119. The maximum absolute atomic E-state index is 13.2. The van der Waals surface area contributed by atoms with Gasteiger partial charge < -0.3 is 10.1 Å². The average molecular weight is 426 g/mol. The van der Waals surface area contributed by atoms with Crippen LogP contribution in [0.1, 0.15) is 26.3 Å². The monoisotopic (exact) mass is 425 g/mol. The molecule has 1 unspecified atom stereocenters. The third-order valence-corrected chi connectivity index (χ3v) is 6.02. The molecule has 0 radical (unpaired) electrons. The minimum atomic E-state index is -0.116. The van der Waals surface area contributed by atoms with Crippen LogP contribution in [0, 0.1) is 5.92 Å². The zero-order valence-electron chi connectivity index (χ0n) is 17.7. The van der Waals surface area contributed by atoms with Crippen molar-refractivity contribution in [3.05, 3.63) is 64.4 Å². The number of aromatic nitrogens is 2. The van der Waals surface area contributed by atoms with E-state index in [1.165, 1.54) is 11.8 Å². The van der Waals surface area contributed by atoms with Gasteiger partial charge in [-0.15, -0.1) is 0 Å². The molecule has 0 aliphatic rings. The number of amides is 1. The second kappa shape index (κ2) is 9.80. The molecule has 2 aromatic carbocycles. The van der Waals surface area contributed by atoms with Gasteiger partial charge in [0.25, 0.3) is 5.56 Å². The second-order valence-electron chi connectivity index (χ2n) is 7.54. The van der Waals surface area contributed by atoms with Gasteiger partial charge in [-0.3, -0.25) is 14.2 Å². The molecule has 3 aromatic rings. The Balaban J connectivity index is 1.90. The Morgan fingerprint density at radius 2 is 1.83 bits per heavy atom. The number of rotatable bonds is 8. The van der Waals surface area contributed by atoms with Crippen LogP contribution in [0.25, 0.3) is 10.9 Å². The number of nitrogens with one attached hydrogen (secondary N) is 1. The maximum Gasteiger partial charge on any atom is 0.262 e. The Bertz CT molecular complexity index is 1080. The summed E-state index contributed by atoms with van der Waals surface area (Å²) in [5.74, 6) is 1.24. The molecule has 0 fully saturated rings. The minimum absolute atomic E-state index is 0.0698. The molecule has 0 spiro atoms. The molecule has 0 aliphatic heterocycles. The smallest absolute Gasteiger partial charge is 0.262 e. The Morgan fingerprint density at radius 3 is 2.50 bits per heavy atom. The van der Waals surface area contributed by atoms with E-state index in [4.69, 9.17) is 4.74 Å². The summed E-state index contributed by atoms with van der Waals surface area (Å²) < 4.78 is 6.84. The summed E-state index contributed by atoms with van der Waals surface area (Å²) in [7, 11) is 1.62. The number of methoxy groups -OCH3 is 1. The SMILES string of the molecule is COc1ccc(Cn2c(SCC(=O)NC(C)C(C)C)nc3ccccc3c2=O)cc1. The van der Waals surface area contributed by atoms with Gasteiger partial charge >= 0.3 is 0 Å². The number of carbonyl (C=O) groups is 1. The van der Waals surface area contributed by atoms with Crippen LogP contribution in [-0.2, 0) is 11.3 Å². The largest absolute Gasteiger partial charge is 0.497 e. The molecule has 7 heteroatoms. The van der Waals surface area contributed by atoms with Crippen molar-refractivity contribution in [1.29, 1.82) is 0 Å². The molecule has 0 bridgehead atoms. The van der Waals surface area contributed by atoms with E-state index in [0.29, 0.717) is 28.5 Å². The first kappa shape index (κ1) is 21.9. The lowest BCUT2D eigenvalue weighted by Gasteiger charge is -2.18. The first-order valence-electron chi connectivity index (χ1n) is 9.93. The summed E-state index contributed by atoms with van der Waals surface area (Å²) >= 11 is 1.28. The van der Waals surface area contributed by atoms with Gasteiger partial charge in [-0.25, -0.2) is 4.98 Å². The van der Waals surface area contributed by atoms with Crippen molar-refractivity contribution in [3.63, 3.8) is 0 Å². The van der Waals surface area contributed by atoms with Crippen molar-refractivity contribution in [2.45, 2.75) is 38.5 Å². The molecule has 0 saturated carbocycles. The molecule has 6 nitrogen and oxygen atoms in total. The highest BCUT2D eigenvalue weighted by Gasteiger charge is 2.15. The van der Waals surface area contributed by atoms with E-state index in [9.17, 15) is 9.59 Å². The molecule has 1 N–H and O–H groups in total. The van der Waals surface area contributed by atoms with E-state index in [-0.39, 0.29) is 23.3 Å². The topological polar surface area (TPSA) is 73.2 Å². The highest BCUT2D eigenvalue weighted by molar-refractivity contribution is 7.99. The Labute approximate surface area is 180 Å². The van der Waals surface area contributed by atoms with Gasteiger partial charge in [-0.1, -0.05) is 49.9 Å². The molecule has 1 heterocycles. The highest BCUT2D eigenvalue weighted by Crippen LogP contribution is 2.20. The average Bonchev–Trinajstić information content (AvgIpc) is 2.75. The summed E-state index contributed by atoms with van der Waals surface area (Å²) in [5.41, 5.74) is 1.47. The summed E-state index contributed by atoms with van der Waals surface area (Å²) in [6.07, 6.45) is 0. The van der Waals surface area contributed by atoms with Crippen molar-refractivity contribution in [3.8, 4) is 5.75 Å². The first-order chi connectivity index (χ1) is 14.4. The second-order valence-corrected chi connectivity index (χ2v) is 8.48. The quantitative estimate of drug-likeness (QED) is 0.440. The van der Waals surface area contributed by atoms with E-state index in [1.54, 1.807) is 17.7 Å². The van der Waals surface area contributed by atoms with Gasteiger partial charge in [0.2, 0.25) is 5.91 Å². The van der Waals surface area contributed by atoms with Crippen LogP contribution in [-0.4, -0.2) is 34.4 Å². The maximum atomic E-state index is 13.2. The van der Waals surface area contributed by atoms with Crippen molar-refractivity contribution in [1.82, 2.24) is 14.9 Å². The molecule has 0 saturated heterocycles. The van der Waals surface area contributed by atoms with E-state index in [0.717, 1.165) is 11.3 Å². The zero-order chi connectivity index (χ0) is 21.7. The van der Waals surface area contributed by atoms with Crippen molar-refractivity contribution in [2.24, 2.45) is 5.92 Å². The van der Waals surface area contributed by atoms with Crippen LogP contribution in [0.15, 0.2) is 58.5 Å². The van der Waals surface area contributed by atoms with Crippen LogP contribution in [0.4, 0.5) is 0 Å². The Kier molecular flexibility index (Phi) is 7.15. The molecular weight excluding hydrogens is 398 g/mol. The number of para-hydroxylation sites is 1. The third kappa shape index (κ3) is 5.21. The summed E-state index contributed by atoms with van der Waals surface area (Å²) in [4.78, 5) is 30.2. The minimum Gasteiger partial charge on any atom is -0.497 e. The molecule has 3 rings (SSSR count). The number of benzene rings is 2. The molecule has 30 heavy (non-hydrogen) atoms. The number of ether oxygens (including phenoxy) is 1. The van der Waals surface area contributed by atoms with E-state index >= 15 is 0 Å². The first-order valence-corrected chi connectivity index (χ1v) is 10.9. The van der Waals surface area contributed by atoms with Gasteiger partial charge in [-0.05, 0) is 42.7 Å². The molecule has 1 aromatic heterocycles. The van der Waals surface area contributed by atoms with Crippen LogP contribution in [0.5, 0.6) is 5.75 Å². The standard InChI is InChI=1S/C23H27N3O3S/c1-15(2)16(3)24-21(27)14-30-23-25-20-8-6-5-7-19(20)22(28)26(23)13-17-9-11-18(29-4)12-10-17/h5-12,15-16H,13-14H2,1-4H3,(H,24,27). The molecule has 1 atom stereocenters. The number of fused-ring (bicyclic) bond motifs is 1.